The summed E-state index contributed by atoms with van der Waals surface area (Å²) in [4.78, 5) is 13.4. The van der Waals surface area contributed by atoms with Gasteiger partial charge in [0.15, 0.2) is 0 Å². The van der Waals surface area contributed by atoms with Gasteiger partial charge in [-0.1, -0.05) is 6.92 Å². The van der Waals surface area contributed by atoms with Gasteiger partial charge in [-0.3, -0.25) is 0 Å². The third-order valence-electron chi connectivity index (χ3n) is 3.06. The van der Waals surface area contributed by atoms with E-state index in [4.69, 9.17) is 10.5 Å². The Morgan fingerprint density at radius 2 is 2.00 bits per heavy atom. The van der Waals surface area contributed by atoms with E-state index >= 15 is 0 Å². The summed E-state index contributed by atoms with van der Waals surface area (Å²) >= 11 is 0. The average Bonchev–Trinajstić information content (AvgIpc) is 2.26. The van der Waals surface area contributed by atoms with E-state index in [0.29, 0.717) is 12.1 Å². The molecule has 0 radical (unpaired) electrons. The van der Waals surface area contributed by atoms with Gasteiger partial charge in [0.1, 0.15) is 0 Å². The van der Waals surface area contributed by atoms with Crippen molar-refractivity contribution >= 4 is 6.09 Å². The number of ether oxygens (including phenoxy) is 1. The Labute approximate surface area is 91.8 Å². The Kier molecular flexibility index (Phi) is 4.88. The van der Waals surface area contributed by atoms with Crippen LogP contribution in [0.5, 0.6) is 0 Å². The minimum Gasteiger partial charge on any atom is -0.453 e. The second kappa shape index (κ2) is 5.95. The fourth-order valence-corrected chi connectivity index (χ4v) is 2.19. The minimum atomic E-state index is -0.197. The van der Waals surface area contributed by atoms with Crippen molar-refractivity contribution in [3.05, 3.63) is 0 Å². The van der Waals surface area contributed by atoms with Crippen molar-refractivity contribution in [1.29, 1.82) is 0 Å². The van der Waals surface area contributed by atoms with Crippen molar-refractivity contribution in [1.82, 2.24) is 4.90 Å². The molecule has 88 valence electrons. The molecule has 0 spiro atoms. The first-order valence-corrected chi connectivity index (χ1v) is 5.79. The minimum absolute atomic E-state index is 0.197. The maximum atomic E-state index is 11.6. The zero-order valence-electron chi connectivity index (χ0n) is 9.74. The van der Waals surface area contributed by atoms with Gasteiger partial charge in [0, 0.05) is 18.6 Å². The zero-order valence-corrected chi connectivity index (χ0v) is 9.74. The molecule has 2 N–H and O–H groups in total. The molecule has 1 aliphatic rings. The van der Waals surface area contributed by atoms with Crippen molar-refractivity contribution in [2.45, 2.75) is 51.1 Å². The summed E-state index contributed by atoms with van der Waals surface area (Å²) in [5.41, 5.74) is 5.84. The molecule has 0 heterocycles. The Hall–Kier alpha value is -0.770. The molecule has 1 amide bonds. The first-order valence-electron chi connectivity index (χ1n) is 5.79. The number of methoxy groups -OCH3 is 1. The highest BCUT2D eigenvalue weighted by atomic mass is 16.5. The normalized spacial score (nSPS) is 26.1. The molecule has 1 rings (SSSR count). The van der Waals surface area contributed by atoms with E-state index in [2.05, 4.69) is 6.92 Å². The van der Waals surface area contributed by atoms with E-state index in [9.17, 15) is 4.79 Å². The summed E-state index contributed by atoms with van der Waals surface area (Å²) in [6, 6.07) is 0.652. The van der Waals surface area contributed by atoms with Gasteiger partial charge in [-0.05, 0) is 32.1 Å². The molecule has 1 saturated carbocycles. The third kappa shape index (κ3) is 3.38. The van der Waals surface area contributed by atoms with Crippen molar-refractivity contribution < 1.29 is 9.53 Å². The molecule has 0 bridgehead atoms. The largest absolute Gasteiger partial charge is 0.453 e. The third-order valence-corrected chi connectivity index (χ3v) is 3.06. The van der Waals surface area contributed by atoms with Crippen molar-refractivity contribution in [3.63, 3.8) is 0 Å². The van der Waals surface area contributed by atoms with Gasteiger partial charge in [0.05, 0.1) is 7.11 Å². The van der Waals surface area contributed by atoms with Gasteiger partial charge in [0.2, 0.25) is 0 Å². The average molecular weight is 214 g/mol. The van der Waals surface area contributed by atoms with Crippen LogP contribution in [0.4, 0.5) is 4.79 Å². The summed E-state index contributed by atoms with van der Waals surface area (Å²) in [5, 5.41) is 0. The highest BCUT2D eigenvalue weighted by Crippen LogP contribution is 2.22. The lowest BCUT2D eigenvalue weighted by molar-refractivity contribution is 0.0919. The molecule has 0 atom stereocenters. The molecule has 4 heteroatoms. The molecule has 0 aromatic heterocycles. The smallest absolute Gasteiger partial charge is 0.409 e. The molecule has 0 saturated heterocycles. The van der Waals surface area contributed by atoms with E-state index in [1.807, 2.05) is 4.90 Å². The number of rotatable bonds is 3. The molecule has 15 heavy (non-hydrogen) atoms. The van der Waals surface area contributed by atoms with Crippen LogP contribution in [-0.2, 0) is 4.74 Å². The van der Waals surface area contributed by atoms with E-state index in [-0.39, 0.29) is 6.09 Å². The number of hydrogen-bond acceptors (Lipinski definition) is 3. The number of nitrogens with zero attached hydrogens (tertiary/aromatic N) is 1. The van der Waals surface area contributed by atoms with E-state index in [1.165, 1.54) is 7.11 Å². The summed E-state index contributed by atoms with van der Waals surface area (Å²) in [6.45, 7) is 2.86. The van der Waals surface area contributed by atoms with Gasteiger partial charge in [-0.15, -0.1) is 0 Å². The Balaban J connectivity index is 2.51. The van der Waals surface area contributed by atoms with Crippen LogP contribution in [0.3, 0.4) is 0 Å². The number of hydrogen-bond donors (Lipinski definition) is 1. The van der Waals surface area contributed by atoms with E-state index in [0.717, 1.165) is 38.6 Å². The Morgan fingerprint density at radius 3 is 2.47 bits per heavy atom. The maximum absolute atomic E-state index is 11.6. The number of amides is 1. The summed E-state index contributed by atoms with van der Waals surface area (Å²) in [7, 11) is 1.44. The predicted molar refractivity (Wildman–Crippen MR) is 59.6 cm³/mol. The van der Waals surface area contributed by atoms with Crippen molar-refractivity contribution in [3.8, 4) is 0 Å². The quantitative estimate of drug-likeness (QED) is 0.778. The Morgan fingerprint density at radius 1 is 1.40 bits per heavy atom. The van der Waals surface area contributed by atoms with E-state index < -0.39 is 0 Å². The number of nitrogens with two attached hydrogens (primary N) is 1. The monoisotopic (exact) mass is 214 g/mol. The highest BCUT2D eigenvalue weighted by Gasteiger charge is 2.27. The SMILES string of the molecule is CCCN(C(=O)OC)C1CCC(N)CC1. The lowest BCUT2D eigenvalue weighted by atomic mass is 9.91. The van der Waals surface area contributed by atoms with Crippen LogP contribution in [0, 0.1) is 0 Å². The van der Waals surface area contributed by atoms with Crippen LogP contribution >= 0.6 is 0 Å². The van der Waals surface area contributed by atoms with Crippen LogP contribution in [-0.4, -0.2) is 36.7 Å². The second-order valence-corrected chi connectivity index (χ2v) is 4.23. The molecule has 4 nitrogen and oxygen atoms in total. The first-order chi connectivity index (χ1) is 7.19. The van der Waals surface area contributed by atoms with Crippen molar-refractivity contribution in [2.75, 3.05) is 13.7 Å². The van der Waals surface area contributed by atoms with Gasteiger partial charge >= 0.3 is 6.09 Å². The van der Waals surface area contributed by atoms with Gasteiger partial charge in [-0.25, -0.2) is 4.79 Å². The summed E-state index contributed by atoms with van der Waals surface area (Å²) in [5.74, 6) is 0. The van der Waals surface area contributed by atoms with Crippen LogP contribution in [0.2, 0.25) is 0 Å². The summed E-state index contributed by atoms with van der Waals surface area (Å²) < 4.78 is 4.80. The molecule has 0 aliphatic heterocycles. The fourth-order valence-electron chi connectivity index (χ4n) is 2.19. The maximum Gasteiger partial charge on any atom is 0.409 e. The van der Waals surface area contributed by atoms with Crippen LogP contribution < -0.4 is 5.73 Å². The first kappa shape index (κ1) is 12.3. The van der Waals surface area contributed by atoms with E-state index in [1.54, 1.807) is 0 Å². The lowest BCUT2D eigenvalue weighted by Gasteiger charge is -2.34. The van der Waals surface area contributed by atoms with Gasteiger partial charge < -0.3 is 15.4 Å². The molecule has 0 aromatic carbocycles. The fraction of sp³-hybridized carbons (Fsp3) is 0.909. The van der Waals surface area contributed by atoms with Crippen LogP contribution in [0.1, 0.15) is 39.0 Å². The zero-order chi connectivity index (χ0) is 11.3. The molecule has 1 aliphatic carbocycles. The standard InChI is InChI=1S/C11H22N2O2/c1-3-8-13(11(14)15-2)10-6-4-9(12)5-7-10/h9-10H,3-8,12H2,1-2H3. The van der Waals surface area contributed by atoms with Gasteiger partial charge in [0.25, 0.3) is 0 Å². The molecular weight excluding hydrogens is 192 g/mol. The van der Waals surface area contributed by atoms with Crippen LogP contribution in [0.15, 0.2) is 0 Å². The second-order valence-electron chi connectivity index (χ2n) is 4.23. The molecule has 0 unspecified atom stereocenters. The summed E-state index contributed by atoms with van der Waals surface area (Å²) in [6.07, 6.45) is 4.82. The van der Waals surface area contributed by atoms with Gasteiger partial charge in [-0.2, -0.15) is 0 Å². The van der Waals surface area contributed by atoms with Crippen molar-refractivity contribution in [2.24, 2.45) is 5.73 Å². The number of carbonyl (C=O) groups is 1. The predicted octanol–water partition coefficient (Wildman–Crippen LogP) is 1.73. The Bertz CT molecular complexity index is 201. The van der Waals surface area contributed by atoms with Crippen LogP contribution in [0.25, 0.3) is 0 Å². The molecular formula is C11H22N2O2. The molecule has 1 fully saturated rings. The lowest BCUT2D eigenvalue weighted by Crippen LogP contribution is -2.44. The molecule has 0 aromatic rings. The number of carbonyl (C=O) groups excluding carboxylic acids is 1. The highest BCUT2D eigenvalue weighted by molar-refractivity contribution is 5.67. The topological polar surface area (TPSA) is 55.6 Å².